The SMILES string of the molecule is CN(C)CCN(C)c1ccc(Nc2ncc(Br)c(Nc3ccc4nccnc4c3P(C)(C)=O)n2)cc1N.CN(C)CCN(C)c1ccc(Nc2ncc(Br)c(Nc3ccc4nccnc4c3P(C)(C)=O)n2)cc1[N+](=O)[O-]. The van der Waals surface area contributed by atoms with E-state index in [1.165, 1.54) is 6.07 Å². The van der Waals surface area contributed by atoms with Gasteiger partial charge in [0.1, 0.15) is 42.6 Å². The fraction of sp³-hybridized carbons (Fsp3) is 0.280. The van der Waals surface area contributed by atoms with E-state index in [0.717, 1.165) is 31.0 Å². The summed E-state index contributed by atoms with van der Waals surface area (Å²) in [5.74, 6) is 1.54. The lowest BCUT2D eigenvalue weighted by Gasteiger charge is -2.23. The number of hydrogen-bond donors (Lipinski definition) is 5. The monoisotopic (exact) mass is 1200 g/mol. The number of nitrogens with one attached hydrogen (secondary N) is 4. The molecule has 0 bridgehead atoms. The number of nitrogen functional groups attached to an aromatic ring is 1. The normalized spacial score (nSPS) is 11.6. The summed E-state index contributed by atoms with van der Waals surface area (Å²) >= 11 is 6.99. The minimum atomic E-state index is -2.77. The highest BCUT2D eigenvalue weighted by Gasteiger charge is 2.25. The molecule has 8 aromatic rings. The molecule has 0 aliphatic carbocycles. The molecule has 76 heavy (non-hydrogen) atoms. The third kappa shape index (κ3) is 14.3. The van der Waals surface area contributed by atoms with Gasteiger partial charge in [0.25, 0.3) is 5.69 Å². The van der Waals surface area contributed by atoms with E-state index in [2.05, 4.69) is 103 Å². The minimum absolute atomic E-state index is 0.0275. The second kappa shape index (κ2) is 24.4. The molecular weight excluding hydrogens is 1140 g/mol. The van der Waals surface area contributed by atoms with Crippen molar-refractivity contribution in [2.24, 2.45) is 0 Å². The zero-order chi connectivity index (χ0) is 55.1. The van der Waals surface area contributed by atoms with Crippen LogP contribution in [0.4, 0.5) is 69.0 Å². The highest BCUT2D eigenvalue weighted by Crippen LogP contribution is 2.43. The van der Waals surface area contributed by atoms with Crippen molar-refractivity contribution in [1.29, 1.82) is 0 Å². The molecule has 398 valence electrons. The number of benzene rings is 4. The predicted octanol–water partition coefficient (Wildman–Crippen LogP) is 9.32. The van der Waals surface area contributed by atoms with Crippen molar-refractivity contribution in [3.05, 3.63) is 117 Å². The average molecular weight is 1200 g/mol. The molecule has 0 radical (unpaired) electrons. The first-order valence-electron chi connectivity index (χ1n) is 23.6. The fourth-order valence-electron chi connectivity index (χ4n) is 7.87. The molecule has 0 aliphatic heterocycles. The molecule has 0 aliphatic rings. The van der Waals surface area contributed by atoms with Gasteiger partial charge in [-0.15, -0.1) is 0 Å². The van der Waals surface area contributed by atoms with Gasteiger partial charge in [-0.1, -0.05) is 0 Å². The van der Waals surface area contributed by atoms with Crippen LogP contribution in [0, 0.1) is 10.1 Å². The number of nitrogens with zero attached hydrogens (tertiary/aromatic N) is 13. The zero-order valence-electron chi connectivity index (χ0n) is 43.7. The van der Waals surface area contributed by atoms with E-state index >= 15 is 0 Å². The smallest absolute Gasteiger partial charge is 0.294 e. The van der Waals surface area contributed by atoms with Gasteiger partial charge in [-0.3, -0.25) is 30.1 Å². The van der Waals surface area contributed by atoms with Crippen LogP contribution in [-0.4, -0.2) is 150 Å². The van der Waals surface area contributed by atoms with Crippen molar-refractivity contribution in [3.63, 3.8) is 0 Å². The second-order valence-corrected chi connectivity index (χ2v) is 26.9. The van der Waals surface area contributed by atoms with E-state index < -0.39 is 19.2 Å². The Balaban J connectivity index is 0.000000221. The van der Waals surface area contributed by atoms with Gasteiger partial charge in [0.2, 0.25) is 11.9 Å². The largest absolute Gasteiger partial charge is 0.397 e. The van der Waals surface area contributed by atoms with E-state index in [1.807, 2.05) is 82.4 Å². The molecule has 8 rings (SSSR count). The average Bonchev–Trinajstić information content (AvgIpc) is 3.37. The molecule has 4 aromatic carbocycles. The first-order chi connectivity index (χ1) is 36.0. The molecule has 0 fully saturated rings. The Kier molecular flexibility index (Phi) is 18.2. The highest BCUT2D eigenvalue weighted by atomic mass is 79.9. The number of nitrogens with two attached hydrogens (primary N) is 1. The summed E-state index contributed by atoms with van der Waals surface area (Å²) in [6.07, 6.45) is 9.60. The Morgan fingerprint density at radius 3 is 1.41 bits per heavy atom. The number of halogens is 2. The van der Waals surface area contributed by atoms with Crippen LogP contribution in [-0.2, 0) is 9.13 Å². The third-order valence-electron chi connectivity index (χ3n) is 11.6. The molecule has 0 spiro atoms. The molecule has 22 nitrogen and oxygen atoms in total. The standard InChI is InChI=1S/C25H29BrN9O3P.C25H31BrN9OP/c1-33(2)12-13-34(3)20-9-6-16(14-21(20)35(36)37)30-25-29-15-17(26)24(32-25)31-19-8-7-18-22(28-11-10-27-18)23(19)39(4,5)38;1-34(2)12-13-35(3)21-9-6-16(14-18(21)27)31-25-30-15-17(26)24(33-25)32-20-8-7-19-22(29-11-10-28-19)23(20)37(4,5)36/h6-11,14-15H,12-13H2,1-5H3,(H2,29,30,31,32);6-11,14-15H,12-13,27H2,1-5H3,(H2,30,31,32,33). The number of hydrogen-bond acceptors (Lipinski definition) is 21. The number of nitro groups is 1. The summed E-state index contributed by atoms with van der Waals surface area (Å²) in [5.41, 5.74) is 13.4. The quantitative estimate of drug-likeness (QED) is 0.0218. The molecule has 0 saturated carbocycles. The van der Waals surface area contributed by atoms with Crippen LogP contribution in [0.15, 0.2) is 107 Å². The Labute approximate surface area is 457 Å². The van der Waals surface area contributed by atoms with Crippen LogP contribution in [0.5, 0.6) is 0 Å². The molecule has 6 N–H and O–H groups in total. The van der Waals surface area contributed by atoms with E-state index in [4.69, 9.17) is 5.73 Å². The zero-order valence-corrected chi connectivity index (χ0v) is 48.7. The van der Waals surface area contributed by atoms with Crippen molar-refractivity contribution in [1.82, 2.24) is 49.7 Å². The van der Waals surface area contributed by atoms with Crippen LogP contribution < -0.4 is 47.4 Å². The Hall–Kier alpha value is -6.94. The maximum atomic E-state index is 13.2. The fourth-order valence-corrected chi connectivity index (χ4v) is 11.2. The van der Waals surface area contributed by atoms with E-state index in [0.29, 0.717) is 94.2 Å². The molecule has 0 amide bonds. The first-order valence-corrected chi connectivity index (χ1v) is 30.4. The Morgan fingerprint density at radius 2 is 0.987 bits per heavy atom. The van der Waals surface area contributed by atoms with E-state index in [1.54, 1.807) is 88.1 Å². The van der Waals surface area contributed by atoms with Crippen LogP contribution in [0.25, 0.3) is 22.1 Å². The van der Waals surface area contributed by atoms with Crippen molar-refractivity contribution >= 4 is 148 Å². The topological polar surface area (TPSA) is 268 Å². The first kappa shape index (κ1) is 56.8. The van der Waals surface area contributed by atoms with E-state index in [9.17, 15) is 19.2 Å². The van der Waals surface area contributed by atoms with Gasteiger partial charge in [0.05, 0.1) is 58.3 Å². The Morgan fingerprint density at radius 1 is 0.566 bits per heavy atom. The molecule has 0 unspecified atom stereocenters. The number of nitro benzene ring substituents is 1. The van der Waals surface area contributed by atoms with Crippen LogP contribution in [0.3, 0.4) is 0 Å². The van der Waals surface area contributed by atoms with Gasteiger partial charge in [-0.2, -0.15) is 9.97 Å². The lowest BCUT2D eigenvalue weighted by Crippen LogP contribution is -2.28. The van der Waals surface area contributed by atoms with Gasteiger partial charge in [0, 0.05) is 94.9 Å². The predicted molar refractivity (Wildman–Crippen MR) is 317 cm³/mol. The maximum Gasteiger partial charge on any atom is 0.294 e. The summed E-state index contributed by atoms with van der Waals surface area (Å²) in [6.45, 7) is 9.97. The van der Waals surface area contributed by atoms with Gasteiger partial charge in [-0.25, -0.2) is 9.97 Å². The summed E-state index contributed by atoms with van der Waals surface area (Å²) in [6, 6.07) is 18.0. The number of rotatable bonds is 19. The molecule has 4 heterocycles. The second-order valence-electron chi connectivity index (χ2n) is 18.9. The van der Waals surface area contributed by atoms with Gasteiger partial charge in [-0.05, 0) is 141 Å². The lowest BCUT2D eigenvalue weighted by molar-refractivity contribution is -0.384. The van der Waals surface area contributed by atoms with Crippen molar-refractivity contribution in [2.75, 3.05) is 132 Å². The number of anilines is 11. The van der Waals surface area contributed by atoms with Crippen LogP contribution in [0.2, 0.25) is 0 Å². The van der Waals surface area contributed by atoms with Crippen molar-refractivity contribution in [2.45, 2.75) is 0 Å². The third-order valence-corrected chi connectivity index (χ3v) is 15.8. The summed E-state index contributed by atoms with van der Waals surface area (Å²) in [7, 11) is 6.37. The number of fused-ring (bicyclic) bond motifs is 2. The molecule has 4 aromatic heterocycles. The summed E-state index contributed by atoms with van der Waals surface area (Å²) in [4.78, 5) is 55.0. The molecular formula is C50H60Br2N18O4P2. The van der Waals surface area contributed by atoms with Crippen LogP contribution in [0.1, 0.15) is 0 Å². The number of likely N-dealkylation sites (N-methyl/N-ethyl adjacent to an activating group) is 4. The van der Waals surface area contributed by atoms with Crippen LogP contribution >= 0.6 is 46.1 Å². The summed E-state index contributed by atoms with van der Waals surface area (Å²) in [5, 5.41) is 25.9. The molecule has 26 heteroatoms. The lowest BCUT2D eigenvalue weighted by atomic mass is 10.2. The molecule has 0 saturated heterocycles. The number of aromatic nitrogens is 8. The van der Waals surface area contributed by atoms with Gasteiger partial charge >= 0.3 is 0 Å². The molecule has 0 atom stereocenters. The Bertz CT molecular complexity index is 3510. The van der Waals surface area contributed by atoms with E-state index in [-0.39, 0.29) is 11.6 Å². The van der Waals surface area contributed by atoms with Gasteiger partial charge in [0.15, 0.2) is 0 Å². The minimum Gasteiger partial charge on any atom is -0.397 e. The maximum absolute atomic E-state index is 13.2. The van der Waals surface area contributed by atoms with Crippen molar-refractivity contribution in [3.8, 4) is 0 Å². The summed E-state index contributed by atoms with van der Waals surface area (Å²) < 4.78 is 27.7. The van der Waals surface area contributed by atoms with Gasteiger partial charge < -0.3 is 55.7 Å². The van der Waals surface area contributed by atoms with Crippen molar-refractivity contribution < 1.29 is 14.1 Å². The highest BCUT2D eigenvalue weighted by molar-refractivity contribution is 9.11.